The molecule has 1 fully saturated rings. The fourth-order valence-electron chi connectivity index (χ4n) is 3.25. The smallest absolute Gasteiger partial charge is 0.236 e. The van der Waals surface area contributed by atoms with Crippen molar-refractivity contribution in [3.05, 3.63) is 83.6 Å². The SMILES string of the molecule is C[C@@](N)(Cc1ccccc1)c1nnc(C2(c3ccccc3)CC2)o1. The second-order valence-corrected chi connectivity index (χ2v) is 6.94. The summed E-state index contributed by atoms with van der Waals surface area (Å²) >= 11 is 0. The minimum Gasteiger partial charge on any atom is -0.422 e. The third-order valence-electron chi connectivity index (χ3n) is 4.81. The maximum absolute atomic E-state index is 6.49. The maximum atomic E-state index is 6.49. The van der Waals surface area contributed by atoms with Crippen molar-refractivity contribution in [3.63, 3.8) is 0 Å². The lowest BCUT2D eigenvalue weighted by molar-refractivity contribution is 0.328. The second-order valence-electron chi connectivity index (χ2n) is 6.94. The van der Waals surface area contributed by atoms with Crippen molar-refractivity contribution in [2.24, 2.45) is 5.73 Å². The zero-order valence-electron chi connectivity index (χ0n) is 13.8. The van der Waals surface area contributed by atoms with Crippen molar-refractivity contribution in [2.75, 3.05) is 0 Å². The van der Waals surface area contributed by atoms with E-state index in [-0.39, 0.29) is 5.41 Å². The molecule has 2 aromatic carbocycles. The molecule has 1 heterocycles. The van der Waals surface area contributed by atoms with Gasteiger partial charge in [-0.3, -0.25) is 0 Å². The zero-order valence-corrected chi connectivity index (χ0v) is 13.8. The Balaban J connectivity index is 1.61. The molecule has 1 aliphatic carbocycles. The lowest BCUT2D eigenvalue weighted by atomic mass is 9.94. The van der Waals surface area contributed by atoms with Gasteiger partial charge in [0, 0.05) is 0 Å². The highest BCUT2D eigenvalue weighted by molar-refractivity contribution is 5.38. The zero-order chi connectivity index (χ0) is 16.6. The number of nitrogens with two attached hydrogens (primary N) is 1. The van der Waals surface area contributed by atoms with Gasteiger partial charge < -0.3 is 10.2 Å². The molecule has 0 amide bonds. The number of hydrogen-bond donors (Lipinski definition) is 1. The van der Waals surface area contributed by atoms with Gasteiger partial charge in [0.05, 0.1) is 11.0 Å². The standard InChI is InChI=1S/C20H21N3O/c1-19(21,14-15-8-4-2-5-9-15)17-22-23-18(24-17)20(12-13-20)16-10-6-3-7-11-16/h2-11H,12-14,21H2,1H3/t19-/m1/s1. The Hall–Kier alpha value is -2.46. The number of benzene rings is 2. The van der Waals surface area contributed by atoms with Gasteiger partial charge >= 0.3 is 0 Å². The molecule has 4 rings (SSSR count). The monoisotopic (exact) mass is 319 g/mol. The number of nitrogens with zero attached hydrogens (tertiary/aromatic N) is 2. The van der Waals surface area contributed by atoms with Gasteiger partial charge in [-0.1, -0.05) is 60.7 Å². The summed E-state index contributed by atoms with van der Waals surface area (Å²) in [6.07, 6.45) is 2.74. The first kappa shape index (κ1) is 15.1. The van der Waals surface area contributed by atoms with E-state index in [0.29, 0.717) is 18.2 Å². The fraction of sp³-hybridized carbons (Fsp3) is 0.300. The van der Waals surface area contributed by atoms with E-state index in [2.05, 4.69) is 46.6 Å². The molecule has 4 nitrogen and oxygen atoms in total. The number of hydrogen-bond acceptors (Lipinski definition) is 4. The van der Waals surface area contributed by atoms with E-state index in [1.165, 1.54) is 5.56 Å². The van der Waals surface area contributed by atoms with Crippen molar-refractivity contribution >= 4 is 0 Å². The Morgan fingerprint density at radius 2 is 1.62 bits per heavy atom. The Bertz CT molecular complexity index is 820. The Morgan fingerprint density at radius 1 is 1.00 bits per heavy atom. The average molecular weight is 319 g/mol. The quantitative estimate of drug-likeness (QED) is 0.781. The minimum atomic E-state index is -0.681. The van der Waals surface area contributed by atoms with Crippen molar-refractivity contribution in [1.29, 1.82) is 0 Å². The summed E-state index contributed by atoms with van der Waals surface area (Å²) in [6, 6.07) is 20.5. The van der Waals surface area contributed by atoms with Gasteiger partial charge in [-0.2, -0.15) is 0 Å². The van der Waals surface area contributed by atoms with Crippen LogP contribution in [0.5, 0.6) is 0 Å². The summed E-state index contributed by atoms with van der Waals surface area (Å²) < 4.78 is 6.06. The summed E-state index contributed by atoms with van der Waals surface area (Å²) in [7, 11) is 0. The molecule has 0 aliphatic heterocycles. The van der Waals surface area contributed by atoms with Crippen LogP contribution in [0.1, 0.15) is 42.7 Å². The fourth-order valence-corrected chi connectivity index (χ4v) is 3.25. The molecule has 0 saturated heterocycles. The highest BCUT2D eigenvalue weighted by Gasteiger charge is 2.51. The predicted molar refractivity (Wildman–Crippen MR) is 92.4 cm³/mol. The minimum absolute atomic E-state index is 0.116. The van der Waals surface area contributed by atoms with Crippen molar-refractivity contribution in [1.82, 2.24) is 10.2 Å². The van der Waals surface area contributed by atoms with Crippen LogP contribution in [-0.2, 0) is 17.4 Å². The highest BCUT2D eigenvalue weighted by atomic mass is 16.4. The van der Waals surface area contributed by atoms with Gasteiger partial charge in [0.25, 0.3) is 0 Å². The topological polar surface area (TPSA) is 64.9 Å². The Labute approximate surface area is 141 Å². The third kappa shape index (κ3) is 2.63. The van der Waals surface area contributed by atoms with Crippen molar-refractivity contribution < 1.29 is 4.42 Å². The van der Waals surface area contributed by atoms with Crippen LogP contribution in [-0.4, -0.2) is 10.2 Å². The molecule has 1 saturated carbocycles. The summed E-state index contributed by atoms with van der Waals surface area (Å²) in [4.78, 5) is 0. The van der Waals surface area contributed by atoms with Gasteiger partial charge in [-0.25, -0.2) is 0 Å². The summed E-state index contributed by atoms with van der Waals surface area (Å²) in [6.45, 7) is 1.94. The Morgan fingerprint density at radius 3 is 2.25 bits per heavy atom. The van der Waals surface area contributed by atoms with Gasteiger partial charge in [0.2, 0.25) is 11.8 Å². The van der Waals surface area contributed by atoms with Gasteiger partial charge in [-0.15, -0.1) is 10.2 Å². The third-order valence-corrected chi connectivity index (χ3v) is 4.81. The summed E-state index contributed by atoms with van der Waals surface area (Å²) in [5.74, 6) is 1.19. The molecule has 2 N–H and O–H groups in total. The number of aromatic nitrogens is 2. The first-order valence-electron chi connectivity index (χ1n) is 8.33. The van der Waals surface area contributed by atoms with E-state index in [0.717, 1.165) is 18.4 Å². The molecule has 0 unspecified atom stereocenters. The summed E-state index contributed by atoms with van der Waals surface area (Å²) in [5, 5.41) is 8.61. The van der Waals surface area contributed by atoms with Crippen molar-refractivity contribution in [3.8, 4) is 0 Å². The van der Waals surface area contributed by atoms with E-state index in [1.807, 2.05) is 31.2 Å². The van der Waals surface area contributed by atoms with Crippen LogP contribution in [0, 0.1) is 0 Å². The molecular formula is C20H21N3O. The molecule has 122 valence electrons. The van der Waals surface area contributed by atoms with Crippen LogP contribution >= 0.6 is 0 Å². The molecule has 0 radical (unpaired) electrons. The highest BCUT2D eigenvalue weighted by Crippen LogP contribution is 2.53. The van der Waals surface area contributed by atoms with Crippen molar-refractivity contribution in [2.45, 2.75) is 37.1 Å². The lowest BCUT2D eigenvalue weighted by Crippen LogP contribution is -2.36. The van der Waals surface area contributed by atoms with E-state index in [1.54, 1.807) is 0 Å². The molecule has 0 spiro atoms. The van der Waals surface area contributed by atoms with E-state index in [4.69, 9.17) is 10.2 Å². The van der Waals surface area contributed by atoms with Crippen LogP contribution < -0.4 is 5.73 Å². The molecule has 1 atom stereocenters. The van der Waals surface area contributed by atoms with Crippen LogP contribution in [0.4, 0.5) is 0 Å². The number of rotatable bonds is 5. The first-order chi connectivity index (χ1) is 11.6. The molecule has 0 bridgehead atoms. The van der Waals surface area contributed by atoms with E-state index < -0.39 is 5.54 Å². The van der Waals surface area contributed by atoms with Gasteiger partial charge in [-0.05, 0) is 37.3 Å². The average Bonchev–Trinajstić information content (AvgIpc) is 3.25. The first-order valence-corrected chi connectivity index (χ1v) is 8.33. The van der Waals surface area contributed by atoms with Crippen LogP contribution in [0.3, 0.4) is 0 Å². The van der Waals surface area contributed by atoms with E-state index >= 15 is 0 Å². The molecule has 1 aliphatic rings. The van der Waals surface area contributed by atoms with Gasteiger partial charge in [0.1, 0.15) is 0 Å². The van der Waals surface area contributed by atoms with Gasteiger partial charge in [0.15, 0.2) is 0 Å². The van der Waals surface area contributed by atoms with Crippen LogP contribution in [0.25, 0.3) is 0 Å². The largest absolute Gasteiger partial charge is 0.422 e. The normalized spacial score (nSPS) is 18.1. The maximum Gasteiger partial charge on any atom is 0.236 e. The summed E-state index contributed by atoms with van der Waals surface area (Å²) in [5.41, 5.74) is 8.09. The second kappa shape index (κ2) is 5.56. The molecule has 24 heavy (non-hydrogen) atoms. The molecule has 4 heteroatoms. The Kier molecular flexibility index (Phi) is 3.50. The van der Waals surface area contributed by atoms with E-state index in [9.17, 15) is 0 Å². The molecular weight excluding hydrogens is 298 g/mol. The molecule has 1 aromatic heterocycles. The lowest BCUT2D eigenvalue weighted by Gasteiger charge is -2.20. The predicted octanol–water partition coefficient (Wildman–Crippen LogP) is 3.57. The molecule has 3 aromatic rings. The van der Waals surface area contributed by atoms with Crippen LogP contribution in [0.2, 0.25) is 0 Å². The van der Waals surface area contributed by atoms with Crippen LogP contribution in [0.15, 0.2) is 65.1 Å².